The topological polar surface area (TPSA) is 44.4 Å². The highest BCUT2D eigenvalue weighted by Crippen LogP contribution is 2.21. The second-order valence-corrected chi connectivity index (χ2v) is 6.37. The smallest absolute Gasteiger partial charge is 0.220 e. The van der Waals surface area contributed by atoms with Crippen LogP contribution in [0.15, 0.2) is 18.2 Å². The maximum absolute atomic E-state index is 11.8. The van der Waals surface area contributed by atoms with Crippen LogP contribution in [0.25, 0.3) is 0 Å². The Morgan fingerprint density at radius 3 is 2.70 bits per heavy atom. The maximum Gasteiger partial charge on any atom is 0.220 e. The van der Waals surface area contributed by atoms with Crippen LogP contribution in [0.1, 0.15) is 18.4 Å². The van der Waals surface area contributed by atoms with E-state index < -0.39 is 0 Å². The predicted molar refractivity (Wildman–Crippen MR) is 99.0 cm³/mol. The number of nitrogens with zero attached hydrogens (tertiary/aromatic N) is 1. The molecule has 1 aliphatic rings. The first-order valence-electron chi connectivity index (χ1n) is 7.79. The fraction of sp³-hybridized carbons (Fsp3) is 0.562. The molecule has 0 radical (unpaired) electrons. The summed E-state index contributed by atoms with van der Waals surface area (Å²) in [5.41, 5.74) is 0.960. The van der Waals surface area contributed by atoms with Crippen molar-refractivity contribution in [2.75, 3.05) is 39.3 Å². The van der Waals surface area contributed by atoms with Gasteiger partial charge in [-0.25, -0.2) is 0 Å². The Morgan fingerprint density at radius 1 is 1.26 bits per heavy atom. The molecule has 0 atom stereocenters. The molecule has 130 valence electrons. The molecule has 0 aromatic heterocycles. The third-order valence-corrected chi connectivity index (χ3v) is 4.41. The largest absolute Gasteiger partial charge is 0.356 e. The van der Waals surface area contributed by atoms with E-state index in [-0.39, 0.29) is 18.3 Å². The van der Waals surface area contributed by atoms with Crippen molar-refractivity contribution in [2.24, 2.45) is 0 Å². The van der Waals surface area contributed by atoms with Gasteiger partial charge in [0.2, 0.25) is 5.91 Å². The van der Waals surface area contributed by atoms with Crippen molar-refractivity contribution >= 4 is 41.5 Å². The summed E-state index contributed by atoms with van der Waals surface area (Å²) in [5.74, 6) is 0.0753. The number of nitrogens with one attached hydrogen (secondary N) is 2. The summed E-state index contributed by atoms with van der Waals surface area (Å²) < 4.78 is 0. The van der Waals surface area contributed by atoms with Crippen molar-refractivity contribution in [1.29, 1.82) is 0 Å². The average Bonchev–Trinajstić information content (AvgIpc) is 2.52. The molecule has 23 heavy (non-hydrogen) atoms. The van der Waals surface area contributed by atoms with Gasteiger partial charge in [0.25, 0.3) is 0 Å². The van der Waals surface area contributed by atoms with E-state index in [1.807, 2.05) is 6.07 Å². The fourth-order valence-corrected chi connectivity index (χ4v) is 3.03. The molecule has 2 N–H and O–H groups in total. The maximum atomic E-state index is 11.8. The highest BCUT2D eigenvalue weighted by molar-refractivity contribution is 6.35. The summed E-state index contributed by atoms with van der Waals surface area (Å²) in [6, 6.07) is 5.39. The lowest BCUT2D eigenvalue weighted by molar-refractivity contribution is -0.121. The Kier molecular flexibility index (Phi) is 9.91. The monoisotopic (exact) mass is 379 g/mol. The first-order chi connectivity index (χ1) is 10.6. The van der Waals surface area contributed by atoms with Crippen LogP contribution in [-0.2, 0) is 11.2 Å². The molecule has 1 fully saturated rings. The number of rotatable bonds is 7. The van der Waals surface area contributed by atoms with Crippen LogP contribution in [0, 0.1) is 0 Å². The van der Waals surface area contributed by atoms with E-state index >= 15 is 0 Å². The first kappa shape index (κ1) is 20.5. The Morgan fingerprint density at radius 2 is 2.00 bits per heavy atom. The number of amides is 1. The van der Waals surface area contributed by atoms with Gasteiger partial charge in [-0.15, -0.1) is 12.4 Å². The normalized spacial score (nSPS) is 15.0. The Bertz CT molecular complexity index is 493. The van der Waals surface area contributed by atoms with Gasteiger partial charge in [-0.2, -0.15) is 0 Å². The summed E-state index contributed by atoms with van der Waals surface area (Å²) >= 11 is 12.0. The van der Waals surface area contributed by atoms with Gasteiger partial charge < -0.3 is 15.5 Å². The lowest BCUT2D eigenvalue weighted by atomic mass is 10.1. The molecule has 0 spiro atoms. The van der Waals surface area contributed by atoms with Crippen molar-refractivity contribution in [3.8, 4) is 0 Å². The minimum atomic E-state index is 0. The predicted octanol–water partition coefficient (Wildman–Crippen LogP) is 2.76. The van der Waals surface area contributed by atoms with E-state index in [0.29, 0.717) is 22.9 Å². The number of carbonyl (C=O) groups is 1. The molecular weight excluding hydrogens is 357 g/mol. The van der Waals surface area contributed by atoms with E-state index in [2.05, 4.69) is 15.5 Å². The zero-order chi connectivity index (χ0) is 15.8. The third kappa shape index (κ3) is 7.73. The number of aryl methyl sites for hydroxylation is 1. The van der Waals surface area contributed by atoms with Gasteiger partial charge in [0.05, 0.1) is 0 Å². The van der Waals surface area contributed by atoms with E-state index in [1.165, 1.54) is 0 Å². The number of carbonyl (C=O) groups excluding carboxylic acids is 1. The second kappa shape index (κ2) is 11.1. The van der Waals surface area contributed by atoms with E-state index in [4.69, 9.17) is 23.2 Å². The average molecular weight is 381 g/mol. The summed E-state index contributed by atoms with van der Waals surface area (Å²) in [6.45, 7) is 6.11. The molecule has 1 saturated heterocycles. The Balaban J connectivity index is 0.00000264. The van der Waals surface area contributed by atoms with Gasteiger partial charge in [0.15, 0.2) is 0 Å². The number of hydrogen-bond acceptors (Lipinski definition) is 3. The molecule has 1 amide bonds. The summed E-state index contributed by atoms with van der Waals surface area (Å²) in [5, 5.41) is 7.55. The van der Waals surface area contributed by atoms with Crippen molar-refractivity contribution < 1.29 is 4.79 Å². The van der Waals surface area contributed by atoms with Crippen LogP contribution in [-0.4, -0.2) is 50.1 Å². The van der Waals surface area contributed by atoms with Gasteiger partial charge in [0, 0.05) is 49.2 Å². The molecular formula is C16H24Cl3N3O. The lowest BCUT2D eigenvalue weighted by Gasteiger charge is -2.27. The Hall–Kier alpha value is -0.520. The van der Waals surface area contributed by atoms with Crippen LogP contribution in [0.5, 0.6) is 0 Å². The number of hydrogen-bond donors (Lipinski definition) is 2. The Labute approximate surface area is 154 Å². The van der Waals surface area contributed by atoms with Gasteiger partial charge in [-0.1, -0.05) is 29.3 Å². The molecule has 0 bridgehead atoms. The first-order valence-corrected chi connectivity index (χ1v) is 8.54. The van der Waals surface area contributed by atoms with Crippen LogP contribution < -0.4 is 10.6 Å². The summed E-state index contributed by atoms with van der Waals surface area (Å²) in [7, 11) is 0. The summed E-state index contributed by atoms with van der Waals surface area (Å²) in [4.78, 5) is 14.3. The summed E-state index contributed by atoms with van der Waals surface area (Å²) in [6.07, 6.45) is 2.09. The van der Waals surface area contributed by atoms with Crippen LogP contribution in [0.2, 0.25) is 10.0 Å². The molecule has 1 aromatic carbocycles. The van der Waals surface area contributed by atoms with Crippen molar-refractivity contribution in [3.05, 3.63) is 33.8 Å². The fourth-order valence-electron chi connectivity index (χ4n) is 2.53. The molecule has 0 aliphatic carbocycles. The van der Waals surface area contributed by atoms with E-state index in [9.17, 15) is 4.79 Å². The zero-order valence-corrected chi connectivity index (χ0v) is 15.4. The standard InChI is InChI=1S/C16H23Cl2N3O.ClH/c17-14-4-2-13(15(18)12-14)3-5-16(22)20-6-1-9-21-10-7-19-8-11-21;/h2,4,12,19H,1,3,5-11H2,(H,20,22);1H. The lowest BCUT2D eigenvalue weighted by Crippen LogP contribution is -2.44. The van der Waals surface area contributed by atoms with Gasteiger partial charge >= 0.3 is 0 Å². The number of benzene rings is 1. The van der Waals surface area contributed by atoms with E-state index in [0.717, 1.165) is 51.3 Å². The third-order valence-electron chi connectivity index (χ3n) is 3.82. The van der Waals surface area contributed by atoms with Crippen molar-refractivity contribution in [1.82, 2.24) is 15.5 Å². The number of piperazine rings is 1. The second-order valence-electron chi connectivity index (χ2n) is 5.53. The van der Waals surface area contributed by atoms with Crippen molar-refractivity contribution in [2.45, 2.75) is 19.3 Å². The molecule has 7 heteroatoms. The van der Waals surface area contributed by atoms with Crippen LogP contribution in [0.4, 0.5) is 0 Å². The van der Waals surface area contributed by atoms with Gasteiger partial charge in [-0.05, 0) is 37.1 Å². The minimum Gasteiger partial charge on any atom is -0.356 e. The quantitative estimate of drug-likeness (QED) is 0.715. The highest BCUT2D eigenvalue weighted by atomic mass is 35.5. The van der Waals surface area contributed by atoms with Gasteiger partial charge in [-0.3, -0.25) is 4.79 Å². The molecule has 2 rings (SSSR count). The molecule has 4 nitrogen and oxygen atoms in total. The molecule has 1 aromatic rings. The molecule has 1 heterocycles. The molecule has 0 unspecified atom stereocenters. The van der Waals surface area contributed by atoms with Crippen molar-refractivity contribution in [3.63, 3.8) is 0 Å². The molecule has 0 saturated carbocycles. The number of halogens is 3. The van der Waals surface area contributed by atoms with Crippen LogP contribution >= 0.6 is 35.6 Å². The van der Waals surface area contributed by atoms with Crippen LogP contribution in [0.3, 0.4) is 0 Å². The van der Waals surface area contributed by atoms with E-state index in [1.54, 1.807) is 12.1 Å². The highest BCUT2D eigenvalue weighted by Gasteiger charge is 2.09. The molecule has 1 aliphatic heterocycles. The zero-order valence-electron chi connectivity index (χ0n) is 13.1. The minimum absolute atomic E-state index is 0. The van der Waals surface area contributed by atoms with Gasteiger partial charge in [0.1, 0.15) is 0 Å². The SMILES string of the molecule is Cl.O=C(CCc1ccc(Cl)cc1Cl)NCCCN1CCNCC1.